The molecule has 1 fully saturated rings. The number of hydrogen-bond donors (Lipinski definition) is 2. The Morgan fingerprint density at radius 2 is 1.78 bits per heavy atom. The largest absolute Gasteiger partial charge is 0.382 e. The van der Waals surface area contributed by atoms with Gasteiger partial charge in [0.15, 0.2) is 5.96 Å². The van der Waals surface area contributed by atoms with Crippen LogP contribution in [-0.4, -0.2) is 38.8 Å². The Hall–Kier alpha value is -0.0400. The van der Waals surface area contributed by atoms with Crippen LogP contribution in [0.3, 0.4) is 0 Å². The van der Waals surface area contributed by atoms with E-state index in [1.807, 2.05) is 6.92 Å². The fourth-order valence-corrected chi connectivity index (χ4v) is 1.85. The maximum absolute atomic E-state index is 5.43. The topological polar surface area (TPSA) is 45.7 Å². The molecule has 0 atom stereocenters. The van der Waals surface area contributed by atoms with E-state index in [0.29, 0.717) is 5.41 Å². The zero-order valence-corrected chi connectivity index (χ0v) is 14.3. The zero-order valence-electron chi connectivity index (χ0n) is 11.9. The molecule has 0 unspecified atom stereocenters. The van der Waals surface area contributed by atoms with Gasteiger partial charge < -0.3 is 15.4 Å². The molecule has 0 spiro atoms. The summed E-state index contributed by atoms with van der Waals surface area (Å²) in [5.74, 6) is 0.942. The van der Waals surface area contributed by atoms with E-state index in [4.69, 9.17) is 4.74 Å². The lowest BCUT2D eigenvalue weighted by Crippen LogP contribution is -2.37. The van der Waals surface area contributed by atoms with Crippen LogP contribution in [0.2, 0.25) is 0 Å². The van der Waals surface area contributed by atoms with E-state index < -0.39 is 0 Å². The summed E-state index contributed by atoms with van der Waals surface area (Å²) in [6.45, 7) is 10.7. The molecule has 18 heavy (non-hydrogen) atoms. The highest BCUT2D eigenvalue weighted by Gasteiger charge is 2.41. The van der Waals surface area contributed by atoms with Crippen LogP contribution in [0.1, 0.15) is 40.0 Å². The van der Waals surface area contributed by atoms with Gasteiger partial charge in [-0.1, -0.05) is 0 Å². The third-order valence-electron chi connectivity index (χ3n) is 3.20. The molecule has 0 aromatic heterocycles. The molecular weight excluding hydrogens is 341 g/mol. The second-order valence-electron chi connectivity index (χ2n) is 4.67. The second-order valence-corrected chi connectivity index (χ2v) is 4.67. The minimum atomic E-state index is 0. The summed E-state index contributed by atoms with van der Waals surface area (Å²) in [6, 6.07) is 0. The number of guanidine groups is 1. The van der Waals surface area contributed by atoms with E-state index in [1.165, 1.54) is 12.8 Å². The molecular formula is C13H28IN3O. The quantitative estimate of drug-likeness (QED) is 0.299. The van der Waals surface area contributed by atoms with Crippen molar-refractivity contribution in [2.75, 3.05) is 32.8 Å². The van der Waals surface area contributed by atoms with Crippen LogP contribution < -0.4 is 10.6 Å². The zero-order chi connectivity index (χ0) is 12.6. The summed E-state index contributed by atoms with van der Waals surface area (Å²) < 4.78 is 5.43. The van der Waals surface area contributed by atoms with Crippen molar-refractivity contribution in [1.82, 2.24) is 10.6 Å². The van der Waals surface area contributed by atoms with E-state index >= 15 is 0 Å². The molecule has 4 nitrogen and oxygen atoms in total. The van der Waals surface area contributed by atoms with E-state index in [-0.39, 0.29) is 24.0 Å². The third-order valence-corrected chi connectivity index (χ3v) is 3.20. The van der Waals surface area contributed by atoms with Gasteiger partial charge in [-0.3, -0.25) is 4.99 Å². The van der Waals surface area contributed by atoms with Crippen molar-refractivity contribution in [2.45, 2.75) is 40.0 Å². The van der Waals surface area contributed by atoms with Crippen molar-refractivity contribution in [3.8, 4) is 0 Å². The third kappa shape index (κ3) is 6.78. The average molecular weight is 369 g/mol. The molecule has 5 heteroatoms. The molecule has 2 N–H and O–H groups in total. The minimum absolute atomic E-state index is 0. The molecule has 0 radical (unpaired) electrons. The molecule has 108 valence electrons. The van der Waals surface area contributed by atoms with Crippen molar-refractivity contribution >= 4 is 29.9 Å². The summed E-state index contributed by atoms with van der Waals surface area (Å²) in [6.07, 6.45) is 3.75. The first-order valence-electron chi connectivity index (χ1n) is 6.86. The molecule has 0 aliphatic heterocycles. The summed E-state index contributed by atoms with van der Waals surface area (Å²) in [7, 11) is 0. The number of ether oxygens (including phenoxy) is 1. The van der Waals surface area contributed by atoms with Gasteiger partial charge in [0, 0.05) is 32.8 Å². The molecule has 1 saturated carbocycles. The summed E-state index contributed by atoms with van der Waals surface area (Å²) >= 11 is 0. The van der Waals surface area contributed by atoms with Crippen LogP contribution in [0.4, 0.5) is 0 Å². The van der Waals surface area contributed by atoms with Gasteiger partial charge in [-0.05, 0) is 45.4 Å². The molecule has 0 saturated heterocycles. The molecule has 0 amide bonds. The van der Waals surface area contributed by atoms with E-state index in [2.05, 4.69) is 29.5 Å². The van der Waals surface area contributed by atoms with E-state index in [0.717, 1.165) is 45.2 Å². The Bertz CT molecular complexity index is 234. The predicted molar refractivity (Wildman–Crippen MR) is 87.8 cm³/mol. The SMILES string of the molecule is CCNC(=NCC1(CCOCC)CC1)NCC.I. The Kier molecular flexibility index (Phi) is 9.81. The van der Waals surface area contributed by atoms with Crippen LogP contribution in [0.15, 0.2) is 4.99 Å². The van der Waals surface area contributed by atoms with Crippen molar-refractivity contribution < 1.29 is 4.74 Å². The lowest BCUT2D eigenvalue weighted by Gasteiger charge is -2.14. The van der Waals surface area contributed by atoms with Gasteiger partial charge in [0.05, 0.1) is 0 Å². The van der Waals surface area contributed by atoms with Crippen LogP contribution in [0.25, 0.3) is 0 Å². The number of halogens is 1. The smallest absolute Gasteiger partial charge is 0.191 e. The Morgan fingerprint density at radius 3 is 2.22 bits per heavy atom. The fourth-order valence-electron chi connectivity index (χ4n) is 1.85. The Balaban J connectivity index is 0.00000289. The number of nitrogens with zero attached hydrogens (tertiary/aromatic N) is 1. The van der Waals surface area contributed by atoms with Gasteiger partial charge in [-0.2, -0.15) is 0 Å². The van der Waals surface area contributed by atoms with Gasteiger partial charge >= 0.3 is 0 Å². The summed E-state index contributed by atoms with van der Waals surface area (Å²) in [5, 5.41) is 6.52. The lowest BCUT2D eigenvalue weighted by molar-refractivity contribution is 0.129. The van der Waals surface area contributed by atoms with Gasteiger partial charge in [0.1, 0.15) is 0 Å². The van der Waals surface area contributed by atoms with Gasteiger partial charge in [-0.25, -0.2) is 0 Å². The number of aliphatic imine (C=N–C) groups is 1. The molecule has 0 aromatic rings. The van der Waals surface area contributed by atoms with Crippen LogP contribution in [0.5, 0.6) is 0 Å². The standard InChI is InChI=1S/C13H27N3O.HI/c1-4-14-12(15-5-2)16-11-13(7-8-13)9-10-17-6-3;/h4-11H2,1-3H3,(H2,14,15,16);1H. The number of nitrogens with one attached hydrogen (secondary N) is 2. The molecule has 1 rings (SSSR count). The molecule has 1 aliphatic rings. The van der Waals surface area contributed by atoms with Gasteiger partial charge in [0.2, 0.25) is 0 Å². The molecule has 0 aromatic carbocycles. The summed E-state index contributed by atoms with van der Waals surface area (Å²) in [5.41, 5.74) is 0.436. The van der Waals surface area contributed by atoms with Crippen molar-refractivity contribution in [2.24, 2.45) is 10.4 Å². The number of hydrogen-bond acceptors (Lipinski definition) is 2. The molecule has 1 aliphatic carbocycles. The van der Waals surface area contributed by atoms with Crippen LogP contribution in [0, 0.1) is 5.41 Å². The predicted octanol–water partition coefficient (Wildman–Crippen LogP) is 2.39. The fraction of sp³-hybridized carbons (Fsp3) is 0.923. The normalized spacial score (nSPS) is 15.5. The monoisotopic (exact) mass is 369 g/mol. The van der Waals surface area contributed by atoms with Gasteiger partial charge in [0.25, 0.3) is 0 Å². The average Bonchev–Trinajstić information content (AvgIpc) is 3.08. The van der Waals surface area contributed by atoms with Crippen molar-refractivity contribution in [1.29, 1.82) is 0 Å². The van der Waals surface area contributed by atoms with E-state index in [9.17, 15) is 0 Å². The first-order valence-corrected chi connectivity index (χ1v) is 6.86. The molecule has 0 heterocycles. The first-order chi connectivity index (χ1) is 8.26. The molecule has 0 bridgehead atoms. The highest BCUT2D eigenvalue weighted by atomic mass is 127. The Labute approximate surface area is 128 Å². The highest BCUT2D eigenvalue weighted by molar-refractivity contribution is 14.0. The Morgan fingerprint density at radius 1 is 1.17 bits per heavy atom. The summed E-state index contributed by atoms with van der Waals surface area (Å²) in [4.78, 5) is 4.65. The lowest BCUT2D eigenvalue weighted by atomic mass is 10.0. The first kappa shape index (κ1) is 18.0. The van der Waals surface area contributed by atoms with E-state index in [1.54, 1.807) is 0 Å². The van der Waals surface area contributed by atoms with Crippen LogP contribution >= 0.6 is 24.0 Å². The second kappa shape index (κ2) is 9.83. The van der Waals surface area contributed by atoms with Crippen molar-refractivity contribution in [3.63, 3.8) is 0 Å². The van der Waals surface area contributed by atoms with Crippen molar-refractivity contribution in [3.05, 3.63) is 0 Å². The maximum Gasteiger partial charge on any atom is 0.191 e. The minimum Gasteiger partial charge on any atom is -0.382 e. The highest BCUT2D eigenvalue weighted by Crippen LogP contribution is 2.48. The van der Waals surface area contributed by atoms with Crippen LogP contribution in [-0.2, 0) is 4.74 Å². The maximum atomic E-state index is 5.43. The van der Waals surface area contributed by atoms with Gasteiger partial charge in [-0.15, -0.1) is 24.0 Å². The number of rotatable bonds is 8.